The molecule has 0 bridgehead atoms. The predicted octanol–water partition coefficient (Wildman–Crippen LogP) is 1.70. The number of nitrogens with zero attached hydrogens (tertiary/aromatic N) is 3. The molecule has 3 rings (SSSR count). The number of carboxylic acids is 1. The molecule has 0 unspecified atom stereocenters. The Morgan fingerprint density at radius 1 is 1.38 bits per heavy atom. The number of para-hydroxylation sites is 1. The maximum atomic E-state index is 12.0. The lowest BCUT2D eigenvalue weighted by Crippen LogP contribution is -2.26. The van der Waals surface area contributed by atoms with Gasteiger partial charge in [-0.25, -0.2) is 9.78 Å². The molecule has 1 aromatic carbocycles. The van der Waals surface area contributed by atoms with Crippen molar-refractivity contribution in [3.8, 4) is 0 Å². The number of aromatic nitrogens is 2. The van der Waals surface area contributed by atoms with Crippen LogP contribution in [0.5, 0.6) is 0 Å². The van der Waals surface area contributed by atoms with Gasteiger partial charge in [-0.15, -0.1) is 0 Å². The van der Waals surface area contributed by atoms with E-state index in [9.17, 15) is 14.7 Å². The number of imidazole rings is 1. The first-order valence-electron chi connectivity index (χ1n) is 6.91. The van der Waals surface area contributed by atoms with E-state index in [-0.39, 0.29) is 18.0 Å². The van der Waals surface area contributed by atoms with E-state index < -0.39 is 5.97 Å². The number of benzene rings is 1. The SMILES string of the molecule is CN(C)C(=O)Cn1c(C2CC2)nc2c(C(=O)O)cccc21. The van der Waals surface area contributed by atoms with Crippen molar-refractivity contribution in [1.29, 1.82) is 0 Å². The Kier molecular flexibility index (Phi) is 3.16. The molecular formula is C15H17N3O3. The second-order valence-electron chi connectivity index (χ2n) is 5.60. The van der Waals surface area contributed by atoms with E-state index in [1.165, 1.54) is 4.90 Å². The molecule has 2 aromatic rings. The van der Waals surface area contributed by atoms with Gasteiger partial charge in [0.1, 0.15) is 17.9 Å². The summed E-state index contributed by atoms with van der Waals surface area (Å²) in [5.41, 5.74) is 1.37. The van der Waals surface area contributed by atoms with Crippen molar-refractivity contribution in [2.24, 2.45) is 0 Å². The van der Waals surface area contributed by atoms with Crippen LogP contribution in [0.4, 0.5) is 0 Å². The molecule has 1 amide bonds. The minimum Gasteiger partial charge on any atom is -0.478 e. The van der Waals surface area contributed by atoms with Crippen LogP contribution in [0.25, 0.3) is 11.0 Å². The number of carboxylic acid groups (broad SMARTS) is 1. The van der Waals surface area contributed by atoms with Crippen LogP contribution in [-0.4, -0.2) is 45.5 Å². The molecule has 6 nitrogen and oxygen atoms in total. The maximum Gasteiger partial charge on any atom is 0.337 e. The highest BCUT2D eigenvalue weighted by Crippen LogP contribution is 2.41. The van der Waals surface area contributed by atoms with Crippen molar-refractivity contribution in [3.63, 3.8) is 0 Å². The Hall–Kier alpha value is -2.37. The molecule has 0 spiro atoms. The summed E-state index contributed by atoms with van der Waals surface area (Å²) in [5.74, 6) is 0.145. The summed E-state index contributed by atoms with van der Waals surface area (Å²) < 4.78 is 1.86. The number of likely N-dealkylation sites (N-methyl/N-ethyl adjacent to an activating group) is 1. The maximum absolute atomic E-state index is 12.0. The first-order valence-corrected chi connectivity index (χ1v) is 6.91. The van der Waals surface area contributed by atoms with Gasteiger partial charge in [0.25, 0.3) is 0 Å². The average Bonchev–Trinajstić information content (AvgIpc) is 3.21. The van der Waals surface area contributed by atoms with Gasteiger partial charge in [-0.2, -0.15) is 0 Å². The van der Waals surface area contributed by atoms with Gasteiger partial charge >= 0.3 is 5.97 Å². The largest absolute Gasteiger partial charge is 0.478 e. The minimum atomic E-state index is -0.994. The Labute approximate surface area is 122 Å². The summed E-state index contributed by atoms with van der Waals surface area (Å²) in [6, 6.07) is 5.07. The second-order valence-corrected chi connectivity index (χ2v) is 5.60. The van der Waals surface area contributed by atoms with Gasteiger partial charge in [0.2, 0.25) is 5.91 Å². The van der Waals surface area contributed by atoms with E-state index in [1.54, 1.807) is 26.2 Å². The third-order valence-electron chi connectivity index (χ3n) is 3.77. The molecule has 1 aliphatic rings. The van der Waals surface area contributed by atoms with Gasteiger partial charge in [-0.3, -0.25) is 4.79 Å². The number of rotatable bonds is 4. The highest BCUT2D eigenvalue weighted by Gasteiger charge is 2.31. The zero-order valence-corrected chi connectivity index (χ0v) is 12.0. The van der Waals surface area contributed by atoms with Gasteiger partial charge in [0, 0.05) is 20.0 Å². The van der Waals surface area contributed by atoms with Crippen LogP contribution in [0.15, 0.2) is 18.2 Å². The van der Waals surface area contributed by atoms with Crippen LogP contribution in [0, 0.1) is 0 Å². The molecule has 1 aliphatic carbocycles. The fourth-order valence-corrected chi connectivity index (χ4v) is 2.43. The monoisotopic (exact) mass is 287 g/mol. The number of carbonyl (C=O) groups is 2. The molecule has 0 aliphatic heterocycles. The number of fused-ring (bicyclic) bond motifs is 1. The lowest BCUT2D eigenvalue weighted by Gasteiger charge is -2.13. The van der Waals surface area contributed by atoms with E-state index in [1.807, 2.05) is 10.6 Å². The van der Waals surface area contributed by atoms with Crippen molar-refractivity contribution < 1.29 is 14.7 Å². The Balaban J connectivity index is 2.16. The summed E-state index contributed by atoms with van der Waals surface area (Å²) in [4.78, 5) is 29.4. The van der Waals surface area contributed by atoms with E-state index in [0.29, 0.717) is 17.0 Å². The van der Waals surface area contributed by atoms with E-state index >= 15 is 0 Å². The molecule has 0 radical (unpaired) electrons. The fourth-order valence-electron chi connectivity index (χ4n) is 2.43. The van der Waals surface area contributed by atoms with E-state index in [2.05, 4.69) is 4.98 Å². The zero-order valence-electron chi connectivity index (χ0n) is 12.0. The summed E-state index contributed by atoms with van der Waals surface area (Å²) in [7, 11) is 3.42. The summed E-state index contributed by atoms with van der Waals surface area (Å²) in [5, 5.41) is 9.28. The lowest BCUT2D eigenvalue weighted by molar-refractivity contribution is -0.129. The number of hydrogen-bond donors (Lipinski definition) is 1. The van der Waals surface area contributed by atoms with Crippen LogP contribution in [-0.2, 0) is 11.3 Å². The summed E-state index contributed by atoms with van der Waals surface area (Å²) in [6.07, 6.45) is 2.09. The van der Waals surface area contributed by atoms with Gasteiger partial charge in [-0.1, -0.05) is 6.07 Å². The van der Waals surface area contributed by atoms with Crippen molar-refractivity contribution in [3.05, 3.63) is 29.6 Å². The molecule has 6 heteroatoms. The number of carbonyl (C=O) groups excluding carboxylic acids is 1. The molecular weight excluding hydrogens is 270 g/mol. The molecule has 1 aromatic heterocycles. The standard InChI is InChI=1S/C15H17N3O3/c1-17(2)12(19)8-18-11-5-3-4-10(15(20)21)13(11)16-14(18)9-6-7-9/h3-5,9H,6-8H2,1-2H3,(H,20,21). The van der Waals surface area contributed by atoms with E-state index in [4.69, 9.17) is 0 Å². The number of hydrogen-bond acceptors (Lipinski definition) is 3. The molecule has 110 valence electrons. The van der Waals surface area contributed by atoms with Crippen molar-refractivity contribution >= 4 is 22.9 Å². The van der Waals surface area contributed by atoms with Crippen LogP contribution in [0.2, 0.25) is 0 Å². The smallest absolute Gasteiger partial charge is 0.337 e. The highest BCUT2D eigenvalue weighted by atomic mass is 16.4. The summed E-state index contributed by atoms with van der Waals surface area (Å²) in [6.45, 7) is 0.193. The molecule has 21 heavy (non-hydrogen) atoms. The normalized spacial score (nSPS) is 14.4. The molecule has 0 saturated heterocycles. The topological polar surface area (TPSA) is 75.4 Å². The minimum absolute atomic E-state index is 0.0306. The Bertz CT molecular complexity index is 729. The number of aromatic carboxylic acids is 1. The number of amides is 1. The third kappa shape index (κ3) is 2.37. The first kappa shape index (κ1) is 13.6. The van der Waals surface area contributed by atoms with E-state index in [0.717, 1.165) is 18.7 Å². The third-order valence-corrected chi connectivity index (χ3v) is 3.77. The molecule has 1 fully saturated rings. The highest BCUT2D eigenvalue weighted by molar-refractivity contribution is 6.01. The van der Waals surface area contributed by atoms with Gasteiger partial charge < -0.3 is 14.6 Å². The van der Waals surface area contributed by atoms with Crippen molar-refractivity contribution in [2.45, 2.75) is 25.3 Å². The predicted molar refractivity (Wildman–Crippen MR) is 77.4 cm³/mol. The average molecular weight is 287 g/mol. The molecule has 0 atom stereocenters. The quantitative estimate of drug-likeness (QED) is 0.928. The van der Waals surface area contributed by atoms with Crippen LogP contribution in [0.1, 0.15) is 34.9 Å². The Morgan fingerprint density at radius 3 is 2.67 bits per heavy atom. The zero-order chi connectivity index (χ0) is 15.1. The molecule has 1 heterocycles. The first-order chi connectivity index (χ1) is 9.99. The van der Waals surface area contributed by atoms with Gasteiger partial charge in [0.15, 0.2) is 0 Å². The lowest BCUT2D eigenvalue weighted by atomic mass is 10.2. The van der Waals surface area contributed by atoms with Crippen LogP contribution >= 0.6 is 0 Å². The van der Waals surface area contributed by atoms with Crippen LogP contribution in [0.3, 0.4) is 0 Å². The van der Waals surface area contributed by atoms with Crippen molar-refractivity contribution in [2.75, 3.05) is 14.1 Å². The van der Waals surface area contributed by atoms with Gasteiger partial charge in [0.05, 0.1) is 11.1 Å². The van der Waals surface area contributed by atoms with Crippen molar-refractivity contribution in [1.82, 2.24) is 14.5 Å². The summed E-state index contributed by atoms with van der Waals surface area (Å²) >= 11 is 0. The fraction of sp³-hybridized carbons (Fsp3) is 0.400. The molecule has 1 N–H and O–H groups in total. The van der Waals surface area contributed by atoms with Crippen LogP contribution < -0.4 is 0 Å². The second kappa shape index (κ2) is 4.87. The Morgan fingerprint density at radius 2 is 2.10 bits per heavy atom. The van der Waals surface area contributed by atoms with Gasteiger partial charge in [-0.05, 0) is 25.0 Å². The molecule has 1 saturated carbocycles.